The molecule has 0 radical (unpaired) electrons. The summed E-state index contributed by atoms with van der Waals surface area (Å²) in [7, 11) is -3.11. The van der Waals surface area contributed by atoms with E-state index >= 15 is 0 Å². The van der Waals surface area contributed by atoms with Crippen LogP contribution in [-0.2, 0) is 14.6 Å². The van der Waals surface area contributed by atoms with Crippen molar-refractivity contribution in [2.24, 2.45) is 0 Å². The van der Waals surface area contributed by atoms with E-state index in [1.54, 1.807) is 12.1 Å². The Hall–Kier alpha value is -0.910. The number of fused-ring (bicyclic) bond motifs is 3. The largest absolute Gasteiger partial charge is 0.373 e. The van der Waals surface area contributed by atoms with E-state index in [9.17, 15) is 8.42 Å². The van der Waals surface area contributed by atoms with Crippen LogP contribution < -0.4 is 5.32 Å². The first-order valence-corrected chi connectivity index (χ1v) is 8.52. The van der Waals surface area contributed by atoms with Gasteiger partial charge in [0.25, 0.3) is 0 Å². The molecule has 1 aromatic rings. The summed E-state index contributed by atoms with van der Waals surface area (Å²) in [4.78, 5) is 0.497. The Morgan fingerprint density at radius 2 is 2.05 bits per heavy atom. The van der Waals surface area contributed by atoms with Crippen LogP contribution >= 0.6 is 0 Å². The second-order valence-electron chi connectivity index (χ2n) is 5.75. The summed E-state index contributed by atoms with van der Waals surface area (Å²) in [5.74, 6) is 0.181. The minimum absolute atomic E-state index is 0.0749. The van der Waals surface area contributed by atoms with Crippen LogP contribution in [0.3, 0.4) is 0 Å². The molecule has 0 amide bonds. The fraction of sp³-hybridized carbons (Fsp3) is 0.571. The minimum atomic E-state index is -3.11. The molecule has 2 saturated heterocycles. The SMILES string of the molecule is O=S1(=O)CC(NC2CC3CCC2O3)c2ccccc21. The molecule has 2 bridgehead atoms. The number of hydrogen-bond donors (Lipinski definition) is 1. The number of ether oxygens (including phenoxy) is 1. The van der Waals surface area contributed by atoms with Crippen molar-refractivity contribution >= 4 is 9.84 Å². The molecule has 19 heavy (non-hydrogen) atoms. The molecule has 4 nitrogen and oxygen atoms in total. The third-order valence-electron chi connectivity index (χ3n) is 4.54. The van der Waals surface area contributed by atoms with Gasteiger partial charge in [-0.15, -0.1) is 0 Å². The fourth-order valence-corrected chi connectivity index (χ4v) is 5.41. The molecule has 1 aromatic carbocycles. The normalized spacial score (nSPS) is 38.5. The van der Waals surface area contributed by atoms with Gasteiger partial charge in [0, 0.05) is 12.1 Å². The first-order chi connectivity index (χ1) is 9.13. The Balaban J connectivity index is 1.60. The average molecular weight is 279 g/mol. The maximum atomic E-state index is 12.1. The van der Waals surface area contributed by atoms with Gasteiger partial charge in [0.15, 0.2) is 9.84 Å². The third kappa shape index (κ3) is 1.83. The lowest BCUT2D eigenvalue weighted by atomic mass is 9.94. The van der Waals surface area contributed by atoms with E-state index in [2.05, 4.69) is 5.32 Å². The summed E-state index contributed by atoms with van der Waals surface area (Å²) < 4.78 is 30.1. The molecule has 3 aliphatic rings. The van der Waals surface area contributed by atoms with E-state index in [0.29, 0.717) is 17.0 Å². The van der Waals surface area contributed by atoms with Crippen LogP contribution in [0.1, 0.15) is 30.9 Å². The smallest absolute Gasteiger partial charge is 0.180 e. The number of rotatable bonds is 2. The van der Waals surface area contributed by atoms with Crippen molar-refractivity contribution in [2.45, 2.75) is 48.4 Å². The van der Waals surface area contributed by atoms with Gasteiger partial charge in [0.2, 0.25) is 0 Å². The van der Waals surface area contributed by atoms with Crippen molar-refractivity contribution in [3.8, 4) is 0 Å². The van der Waals surface area contributed by atoms with Crippen molar-refractivity contribution in [1.29, 1.82) is 0 Å². The highest BCUT2D eigenvalue weighted by Crippen LogP contribution is 2.38. The van der Waals surface area contributed by atoms with E-state index in [4.69, 9.17) is 4.74 Å². The zero-order chi connectivity index (χ0) is 13.0. The first kappa shape index (κ1) is 11.9. The number of nitrogens with one attached hydrogen (secondary N) is 1. The third-order valence-corrected chi connectivity index (χ3v) is 6.35. The highest BCUT2D eigenvalue weighted by Gasteiger charge is 2.43. The van der Waals surface area contributed by atoms with Gasteiger partial charge in [-0.3, -0.25) is 0 Å². The molecule has 0 spiro atoms. The summed E-state index contributed by atoms with van der Waals surface area (Å²) >= 11 is 0. The van der Waals surface area contributed by atoms with Gasteiger partial charge in [0.1, 0.15) is 0 Å². The lowest BCUT2D eigenvalue weighted by Crippen LogP contribution is -2.40. The molecule has 0 saturated carbocycles. The second-order valence-corrected chi connectivity index (χ2v) is 7.76. The quantitative estimate of drug-likeness (QED) is 0.889. The number of benzene rings is 1. The Labute approximate surface area is 113 Å². The van der Waals surface area contributed by atoms with Gasteiger partial charge >= 0.3 is 0 Å². The Morgan fingerprint density at radius 3 is 2.79 bits per heavy atom. The molecule has 102 valence electrons. The van der Waals surface area contributed by atoms with E-state index < -0.39 is 9.84 Å². The van der Waals surface area contributed by atoms with Crippen molar-refractivity contribution in [1.82, 2.24) is 5.32 Å². The molecule has 4 unspecified atom stereocenters. The summed E-state index contributed by atoms with van der Waals surface area (Å²) in [6.45, 7) is 0. The van der Waals surface area contributed by atoms with Crippen LogP contribution in [0.2, 0.25) is 0 Å². The van der Waals surface area contributed by atoms with E-state index in [1.807, 2.05) is 12.1 Å². The maximum absolute atomic E-state index is 12.1. The van der Waals surface area contributed by atoms with Gasteiger partial charge in [-0.05, 0) is 30.9 Å². The van der Waals surface area contributed by atoms with Crippen molar-refractivity contribution < 1.29 is 13.2 Å². The molecule has 1 N–H and O–H groups in total. The molecule has 0 aliphatic carbocycles. The highest BCUT2D eigenvalue weighted by atomic mass is 32.2. The molecule has 4 rings (SSSR count). The molecule has 3 heterocycles. The summed E-state index contributed by atoms with van der Waals surface area (Å²) in [6.07, 6.45) is 3.94. The zero-order valence-corrected chi connectivity index (χ0v) is 11.4. The molecular formula is C14H17NO3S. The molecule has 3 aliphatic heterocycles. The molecular weight excluding hydrogens is 262 g/mol. The fourth-order valence-electron chi connectivity index (χ4n) is 3.66. The number of sulfone groups is 1. The van der Waals surface area contributed by atoms with Gasteiger partial charge in [-0.1, -0.05) is 18.2 Å². The van der Waals surface area contributed by atoms with E-state index in [-0.39, 0.29) is 17.9 Å². The van der Waals surface area contributed by atoms with Crippen LogP contribution in [-0.4, -0.2) is 32.4 Å². The van der Waals surface area contributed by atoms with Crippen LogP contribution in [0.5, 0.6) is 0 Å². The van der Waals surface area contributed by atoms with Crippen LogP contribution in [0.4, 0.5) is 0 Å². The molecule has 2 fully saturated rings. The molecule has 0 aromatic heterocycles. The van der Waals surface area contributed by atoms with Gasteiger partial charge in [-0.25, -0.2) is 8.42 Å². The predicted octanol–water partition coefficient (Wildman–Crippen LogP) is 1.42. The van der Waals surface area contributed by atoms with Crippen molar-refractivity contribution in [3.63, 3.8) is 0 Å². The number of hydrogen-bond acceptors (Lipinski definition) is 4. The van der Waals surface area contributed by atoms with Crippen LogP contribution in [0, 0.1) is 0 Å². The van der Waals surface area contributed by atoms with E-state index in [0.717, 1.165) is 24.8 Å². The maximum Gasteiger partial charge on any atom is 0.180 e. The molecule has 4 atom stereocenters. The zero-order valence-electron chi connectivity index (χ0n) is 10.6. The standard InChI is InChI=1S/C14H17NO3S/c16-19(17)8-12(10-3-1-2-4-14(10)19)15-11-7-9-5-6-13(11)18-9/h1-4,9,11-13,15H,5-8H2. The Bertz CT molecular complexity index is 613. The highest BCUT2D eigenvalue weighted by molar-refractivity contribution is 7.91. The average Bonchev–Trinajstić information content (AvgIpc) is 3.05. The Morgan fingerprint density at radius 1 is 1.21 bits per heavy atom. The summed E-state index contributed by atoms with van der Waals surface area (Å²) in [5.41, 5.74) is 0.922. The lowest BCUT2D eigenvalue weighted by molar-refractivity contribution is 0.0963. The van der Waals surface area contributed by atoms with Crippen molar-refractivity contribution in [2.75, 3.05) is 5.75 Å². The monoisotopic (exact) mass is 279 g/mol. The molecule has 5 heteroatoms. The first-order valence-electron chi connectivity index (χ1n) is 6.87. The predicted molar refractivity (Wildman–Crippen MR) is 70.7 cm³/mol. The van der Waals surface area contributed by atoms with Crippen molar-refractivity contribution in [3.05, 3.63) is 29.8 Å². The van der Waals surface area contributed by atoms with Gasteiger partial charge in [-0.2, -0.15) is 0 Å². The van der Waals surface area contributed by atoms with Gasteiger partial charge in [0.05, 0.1) is 22.9 Å². The minimum Gasteiger partial charge on any atom is -0.373 e. The lowest BCUT2D eigenvalue weighted by Gasteiger charge is -2.24. The topological polar surface area (TPSA) is 55.4 Å². The Kier molecular flexibility index (Phi) is 2.53. The van der Waals surface area contributed by atoms with E-state index in [1.165, 1.54) is 0 Å². The van der Waals surface area contributed by atoms with Crippen LogP contribution in [0.25, 0.3) is 0 Å². The summed E-state index contributed by atoms with van der Waals surface area (Å²) in [5, 5.41) is 3.52. The van der Waals surface area contributed by atoms with Crippen LogP contribution in [0.15, 0.2) is 29.2 Å². The van der Waals surface area contributed by atoms with Gasteiger partial charge < -0.3 is 10.1 Å². The second kappa shape index (κ2) is 4.04. The summed E-state index contributed by atoms with van der Waals surface area (Å²) in [6, 6.07) is 7.57.